The Morgan fingerprint density at radius 1 is 1.00 bits per heavy atom. The van der Waals surface area contributed by atoms with Crippen LogP contribution < -0.4 is 9.47 Å². The van der Waals surface area contributed by atoms with Crippen LogP contribution in [0.25, 0.3) is 23.2 Å². The molecule has 1 saturated carbocycles. The molecule has 4 aromatic rings. The lowest BCUT2D eigenvalue weighted by atomic mass is 10.1. The number of nitrogens with zero attached hydrogens (tertiary/aromatic N) is 3. The molecule has 0 N–H and O–H groups in total. The van der Waals surface area contributed by atoms with Gasteiger partial charge < -0.3 is 14.0 Å². The second-order valence-corrected chi connectivity index (χ2v) is 8.59. The van der Waals surface area contributed by atoms with Crippen LogP contribution in [0, 0.1) is 11.3 Å². The van der Waals surface area contributed by atoms with E-state index in [1.807, 2.05) is 60.7 Å². The number of hydrogen-bond acceptors (Lipinski definition) is 4. The molecule has 0 amide bonds. The Labute approximate surface area is 199 Å². The van der Waals surface area contributed by atoms with E-state index in [0.29, 0.717) is 12.1 Å². The highest BCUT2D eigenvalue weighted by molar-refractivity contribution is 5.81. The van der Waals surface area contributed by atoms with Crippen molar-refractivity contribution in [2.45, 2.75) is 38.3 Å². The van der Waals surface area contributed by atoms with Gasteiger partial charge in [0.05, 0.1) is 35.9 Å². The predicted octanol–water partition coefficient (Wildman–Crippen LogP) is 6.46. The molecular weight excluding hydrogens is 422 g/mol. The zero-order chi connectivity index (χ0) is 23.3. The maximum Gasteiger partial charge on any atom is 0.168 e. The van der Waals surface area contributed by atoms with Gasteiger partial charge in [-0.05, 0) is 73.7 Å². The van der Waals surface area contributed by atoms with Crippen molar-refractivity contribution in [3.05, 3.63) is 89.2 Å². The number of methoxy groups -OCH3 is 1. The van der Waals surface area contributed by atoms with Crippen molar-refractivity contribution >= 4 is 23.2 Å². The molecule has 1 heterocycles. The second-order valence-electron chi connectivity index (χ2n) is 8.59. The summed E-state index contributed by atoms with van der Waals surface area (Å²) in [5, 5.41) is 9.10. The predicted molar refractivity (Wildman–Crippen MR) is 135 cm³/mol. The minimum atomic E-state index is 0.240. The van der Waals surface area contributed by atoms with E-state index < -0.39 is 0 Å². The zero-order valence-electron chi connectivity index (χ0n) is 19.3. The molecular formula is C29H27N3O2. The van der Waals surface area contributed by atoms with Crippen LogP contribution >= 0.6 is 0 Å². The van der Waals surface area contributed by atoms with E-state index in [9.17, 15) is 0 Å². The fourth-order valence-electron chi connectivity index (χ4n) is 4.54. The molecule has 0 atom stereocenters. The van der Waals surface area contributed by atoms with Crippen LogP contribution in [0.3, 0.4) is 0 Å². The van der Waals surface area contributed by atoms with Gasteiger partial charge in [-0.3, -0.25) is 0 Å². The summed E-state index contributed by atoms with van der Waals surface area (Å²) in [6, 6.07) is 24.0. The van der Waals surface area contributed by atoms with Crippen molar-refractivity contribution in [2.75, 3.05) is 7.11 Å². The maximum atomic E-state index is 9.10. The van der Waals surface area contributed by atoms with Gasteiger partial charge in [-0.2, -0.15) is 5.26 Å². The highest BCUT2D eigenvalue weighted by atomic mass is 16.5. The summed E-state index contributed by atoms with van der Waals surface area (Å²) in [6.07, 6.45) is 8.94. The Morgan fingerprint density at radius 2 is 1.79 bits per heavy atom. The Hall–Kier alpha value is -4.04. The Morgan fingerprint density at radius 3 is 2.56 bits per heavy atom. The van der Waals surface area contributed by atoms with Gasteiger partial charge in [-0.25, -0.2) is 4.98 Å². The van der Waals surface area contributed by atoms with E-state index in [4.69, 9.17) is 19.7 Å². The molecule has 5 nitrogen and oxygen atoms in total. The summed E-state index contributed by atoms with van der Waals surface area (Å²) in [5.74, 6) is 2.41. The smallest absolute Gasteiger partial charge is 0.168 e. The molecule has 5 rings (SSSR count). The fraction of sp³-hybridized carbons (Fsp3) is 0.241. The lowest BCUT2D eigenvalue weighted by molar-refractivity contribution is 0.200. The zero-order valence-corrected chi connectivity index (χ0v) is 19.3. The number of benzene rings is 3. The Balaban J connectivity index is 1.51. The summed E-state index contributed by atoms with van der Waals surface area (Å²) in [7, 11) is 1.68. The standard InChI is InChI=1S/C29H27N3O2/c1-33-27-12-6-7-23(29(27)34-24-8-2-3-9-24)17-18-28-31-25-10-4-5-11-26(25)32(28)20-22-15-13-21(19-30)14-16-22/h4-7,10-18,24H,2-3,8-9,20H2,1H3. The molecule has 1 fully saturated rings. The van der Waals surface area contributed by atoms with Crippen LogP contribution in [0.2, 0.25) is 0 Å². The third-order valence-corrected chi connectivity index (χ3v) is 6.34. The summed E-state index contributed by atoms with van der Waals surface area (Å²) in [6.45, 7) is 0.662. The highest BCUT2D eigenvalue weighted by Gasteiger charge is 2.20. The molecule has 3 aromatic carbocycles. The largest absolute Gasteiger partial charge is 0.493 e. The summed E-state index contributed by atoms with van der Waals surface area (Å²) < 4.78 is 14.2. The van der Waals surface area contributed by atoms with Crippen LogP contribution in [0.1, 0.15) is 48.2 Å². The van der Waals surface area contributed by atoms with Gasteiger partial charge in [-0.15, -0.1) is 0 Å². The first-order valence-electron chi connectivity index (χ1n) is 11.7. The molecule has 0 radical (unpaired) electrons. The quantitative estimate of drug-likeness (QED) is 0.325. The van der Waals surface area contributed by atoms with Gasteiger partial charge in [0.1, 0.15) is 5.82 Å². The van der Waals surface area contributed by atoms with Gasteiger partial charge in [0.2, 0.25) is 0 Å². The molecule has 0 bridgehead atoms. The average molecular weight is 450 g/mol. The van der Waals surface area contributed by atoms with Gasteiger partial charge >= 0.3 is 0 Å². The van der Waals surface area contributed by atoms with Crippen LogP contribution in [-0.4, -0.2) is 22.8 Å². The molecule has 0 aliphatic heterocycles. The number of imidazole rings is 1. The maximum absolute atomic E-state index is 9.10. The topological polar surface area (TPSA) is 60.1 Å². The van der Waals surface area contributed by atoms with Crippen molar-refractivity contribution in [3.8, 4) is 17.6 Å². The molecule has 1 aliphatic rings. The number of nitriles is 1. The summed E-state index contributed by atoms with van der Waals surface area (Å²) in [4.78, 5) is 4.88. The molecule has 0 spiro atoms. The molecule has 1 aliphatic carbocycles. The first kappa shape index (κ1) is 21.8. The van der Waals surface area contributed by atoms with E-state index in [2.05, 4.69) is 28.8 Å². The molecule has 1 aromatic heterocycles. The lowest BCUT2D eigenvalue weighted by Crippen LogP contribution is -2.12. The van der Waals surface area contributed by atoms with E-state index in [1.54, 1.807) is 7.11 Å². The normalized spacial score (nSPS) is 14.0. The number of aromatic nitrogens is 2. The number of ether oxygens (including phenoxy) is 2. The molecule has 5 heteroatoms. The van der Waals surface area contributed by atoms with Crippen LogP contribution in [0.5, 0.6) is 11.5 Å². The van der Waals surface area contributed by atoms with Gasteiger partial charge in [0, 0.05) is 12.1 Å². The van der Waals surface area contributed by atoms with Crippen LogP contribution in [-0.2, 0) is 6.54 Å². The average Bonchev–Trinajstić information content (AvgIpc) is 3.52. The number of hydrogen-bond donors (Lipinski definition) is 0. The Bertz CT molecular complexity index is 1360. The third-order valence-electron chi connectivity index (χ3n) is 6.34. The van der Waals surface area contributed by atoms with Gasteiger partial charge in [0.15, 0.2) is 11.5 Å². The number of para-hydroxylation sites is 3. The molecule has 0 unspecified atom stereocenters. The van der Waals surface area contributed by atoms with Gasteiger partial charge in [0.25, 0.3) is 0 Å². The van der Waals surface area contributed by atoms with Gasteiger partial charge in [-0.1, -0.05) is 36.4 Å². The Kier molecular flexibility index (Phi) is 6.31. The SMILES string of the molecule is COc1cccc(C=Cc2nc3ccccc3n2Cc2ccc(C#N)cc2)c1OC1CCCC1. The first-order chi connectivity index (χ1) is 16.7. The van der Waals surface area contributed by atoms with Crippen molar-refractivity contribution in [1.82, 2.24) is 9.55 Å². The van der Waals surface area contributed by atoms with E-state index in [1.165, 1.54) is 12.8 Å². The van der Waals surface area contributed by atoms with Crippen molar-refractivity contribution in [3.63, 3.8) is 0 Å². The number of fused-ring (bicyclic) bond motifs is 1. The first-order valence-corrected chi connectivity index (χ1v) is 11.7. The lowest BCUT2D eigenvalue weighted by Gasteiger charge is -2.18. The molecule has 0 saturated heterocycles. The van der Waals surface area contributed by atoms with E-state index in [-0.39, 0.29) is 6.10 Å². The van der Waals surface area contributed by atoms with Crippen molar-refractivity contribution in [2.24, 2.45) is 0 Å². The van der Waals surface area contributed by atoms with Crippen molar-refractivity contribution in [1.29, 1.82) is 5.26 Å². The fourth-order valence-corrected chi connectivity index (χ4v) is 4.54. The minimum absolute atomic E-state index is 0.240. The monoisotopic (exact) mass is 449 g/mol. The summed E-state index contributed by atoms with van der Waals surface area (Å²) >= 11 is 0. The van der Waals surface area contributed by atoms with Crippen molar-refractivity contribution < 1.29 is 9.47 Å². The van der Waals surface area contributed by atoms with Crippen LogP contribution in [0.15, 0.2) is 66.7 Å². The second kappa shape index (κ2) is 9.84. The highest BCUT2D eigenvalue weighted by Crippen LogP contribution is 2.36. The van der Waals surface area contributed by atoms with E-state index >= 15 is 0 Å². The molecule has 170 valence electrons. The third kappa shape index (κ3) is 4.53. The minimum Gasteiger partial charge on any atom is -0.493 e. The summed E-state index contributed by atoms with van der Waals surface area (Å²) in [5.41, 5.74) is 4.77. The molecule has 34 heavy (non-hydrogen) atoms. The number of rotatable bonds is 7. The van der Waals surface area contributed by atoms with Crippen LogP contribution in [0.4, 0.5) is 0 Å². The van der Waals surface area contributed by atoms with E-state index in [0.717, 1.165) is 52.3 Å².